The van der Waals surface area contributed by atoms with E-state index in [-0.39, 0.29) is 11.6 Å². The molecule has 5 nitrogen and oxygen atoms in total. The molecule has 0 aromatic heterocycles. The molecule has 0 heterocycles. The number of non-ortho nitro benzene ring substituents is 1. The predicted octanol–water partition coefficient (Wildman–Crippen LogP) is 4.23. The number of aryl methyl sites for hydroxylation is 1. The number of hydrogen-bond donors (Lipinski definition) is 1. The first kappa shape index (κ1) is 15.2. The van der Waals surface area contributed by atoms with E-state index in [0.717, 1.165) is 15.6 Å². The van der Waals surface area contributed by atoms with E-state index >= 15 is 0 Å². The van der Waals surface area contributed by atoms with Crippen molar-refractivity contribution in [1.82, 2.24) is 0 Å². The number of carbonyl (C=O) groups is 1. The van der Waals surface area contributed by atoms with Crippen molar-refractivity contribution in [3.63, 3.8) is 0 Å². The molecule has 1 N–H and O–H groups in total. The highest BCUT2D eigenvalue weighted by Gasteiger charge is 2.14. The molecule has 2 aromatic carbocycles. The zero-order valence-electron chi connectivity index (χ0n) is 11.5. The van der Waals surface area contributed by atoms with Crippen molar-refractivity contribution < 1.29 is 9.72 Å². The van der Waals surface area contributed by atoms with Gasteiger partial charge in [-0.1, -0.05) is 28.1 Å². The van der Waals surface area contributed by atoms with Crippen molar-refractivity contribution in [2.75, 3.05) is 5.32 Å². The van der Waals surface area contributed by atoms with Crippen LogP contribution in [0.25, 0.3) is 0 Å². The lowest BCUT2D eigenvalue weighted by molar-refractivity contribution is -0.384. The average molecular weight is 349 g/mol. The van der Waals surface area contributed by atoms with Crippen LogP contribution >= 0.6 is 15.9 Å². The second kappa shape index (κ2) is 6.05. The number of halogens is 1. The number of nitro benzene ring substituents is 1. The number of benzene rings is 2. The monoisotopic (exact) mass is 348 g/mol. The summed E-state index contributed by atoms with van der Waals surface area (Å²) in [6.45, 7) is 3.62. The van der Waals surface area contributed by atoms with Gasteiger partial charge in [0.15, 0.2) is 0 Å². The fourth-order valence-corrected chi connectivity index (χ4v) is 2.27. The van der Waals surface area contributed by atoms with Crippen LogP contribution in [-0.2, 0) is 0 Å². The molecular formula is C15H13BrN2O3. The number of nitrogens with zero attached hydrogens (tertiary/aromatic N) is 1. The number of nitrogens with one attached hydrogen (secondary N) is 1. The maximum absolute atomic E-state index is 12.3. The highest BCUT2D eigenvalue weighted by atomic mass is 79.9. The molecule has 21 heavy (non-hydrogen) atoms. The van der Waals surface area contributed by atoms with Gasteiger partial charge in [-0.15, -0.1) is 0 Å². The first-order valence-corrected chi connectivity index (χ1v) is 7.01. The predicted molar refractivity (Wildman–Crippen MR) is 84.7 cm³/mol. The lowest BCUT2D eigenvalue weighted by Crippen LogP contribution is -2.14. The first-order chi connectivity index (χ1) is 9.90. The molecule has 1 amide bonds. The standard InChI is InChI=1S/C15H13BrN2O3/c1-9-6-7-11(18(20)21)8-14(9)17-15(19)12-4-3-5-13(16)10(12)2/h3-8H,1-2H3,(H,17,19). The summed E-state index contributed by atoms with van der Waals surface area (Å²) >= 11 is 3.38. The van der Waals surface area contributed by atoms with Gasteiger partial charge in [0.2, 0.25) is 0 Å². The fourth-order valence-electron chi connectivity index (χ4n) is 1.90. The number of carbonyl (C=O) groups excluding carboxylic acids is 1. The number of anilines is 1. The normalized spacial score (nSPS) is 10.2. The minimum atomic E-state index is -0.487. The molecule has 2 aromatic rings. The average Bonchev–Trinajstić information content (AvgIpc) is 2.43. The van der Waals surface area contributed by atoms with Crippen molar-refractivity contribution in [2.24, 2.45) is 0 Å². The van der Waals surface area contributed by atoms with E-state index in [0.29, 0.717) is 11.3 Å². The van der Waals surface area contributed by atoms with Gasteiger partial charge in [0.1, 0.15) is 0 Å². The summed E-state index contributed by atoms with van der Waals surface area (Å²) in [6.07, 6.45) is 0. The van der Waals surface area contributed by atoms with Crippen molar-refractivity contribution in [2.45, 2.75) is 13.8 Å². The molecule has 6 heteroatoms. The van der Waals surface area contributed by atoms with Gasteiger partial charge in [0.25, 0.3) is 11.6 Å². The summed E-state index contributed by atoms with van der Waals surface area (Å²) in [5.74, 6) is -0.294. The molecule has 108 valence electrons. The molecule has 0 unspecified atom stereocenters. The molecule has 0 fully saturated rings. The van der Waals surface area contributed by atoms with E-state index in [2.05, 4.69) is 21.2 Å². The summed E-state index contributed by atoms with van der Waals surface area (Å²) in [6, 6.07) is 9.72. The van der Waals surface area contributed by atoms with Crippen LogP contribution in [0.3, 0.4) is 0 Å². The Bertz CT molecular complexity index is 729. The molecular weight excluding hydrogens is 336 g/mol. The third kappa shape index (κ3) is 3.28. The van der Waals surface area contributed by atoms with E-state index in [1.54, 1.807) is 25.1 Å². The van der Waals surface area contributed by atoms with E-state index in [1.807, 2.05) is 13.0 Å². The summed E-state index contributed by atoms with van der Waals surface area (Å²) < 4.78 is 0.839. The lowest BCUT2D eigenvalue weighted by atomic mass is 10.1. The maximum atomic E-state index is 12.3. The van der Waals surface area contributed by atoms with Crippen LogP contribution in [0.4, 0.5) is 11.4 Å². The van der Waals surface area contributed by atoms with Gasteiger partial charge in [-0.25, -0.2) is 0 Å². The van der Waals surface area contributed by atoms with E-state index < -0.39 is 4.92 Å². The smallest absolute Gasteiger partial charge is 0.271 e. The number of amides is 1. The Morgan fingerprint density at radius 2 is 1.95 bits per heavy atom. The topological polar surface area (TPSA) is 72.2 Å². The van der Waals surface area contributed by atoms with Gasteiger partial charge in [0, 0.05) is 22.2 Å². The Morgan fingerprint density at radius 1 is 1.24 bits per heavy atom. The third-order valence-electron chi connectivity index (χ3n) is 3.19. The maximum Gasteiger partial charge on any atom is 0.271 e. The molecule has 0 aliphatic rings. The van der Waals surface area contributed by atoms with Crippen molar-refractivity contribution in [3.8, 4) is 0 Å². The highest BCUT2D eigenvalue weighted by molar-refractivity contribution is 9.10. The molecule has 0 spiro atoms. The van der Waals surface area contributed by atoms with Gasteiger partial charge in [0.05, 0.1) is 10.6 Å². The number of hydrogen-bond acceptors (Lipinski definition) is 3. The van der Waals surface area contributed by atoms with Gasteiger partial charge < -0.3 is 5.32 Å². The van der Waals surface area contributed by atoms with Crippen LogP contribution in [0, 0.1) is 24.0 Å². The van der Waals surface area contributed by atoms with Gasteiger partial charge in [-0.2, -0.15) is 0 Å². The Labute approximate surface area is 130 Å². The SMILES string of the molecule is Cc1ccc([N+](=O)[O-])cc1NC(=O)c1cccc(Br)c1C. The Balaban J connectivity index is 2.33. The molecule has 0 aliphatic heterocycles. The number of rotatable bonds is 3. The Kier molecular flexibility index (Phi) is 4.37. The minimum absolute atomic E-state index is 0.0538. The molecule has 0 atom stereocenters. The Hall–Kier alpha value is -2.21. The zero-order valence-corrected chi connectivity index (χ0v) is 13.1. The molecule has 0 saturated heterocycles. The highest BCUT2D eigenvalue weighted by Crippen LogP contribution is 2.24. The summed E-state index contributed by atoms with van der Waals surface area (Å²) in [7, 11) is 0. The molecule has 0 bridgehead atoms. The summed E-state index contributed by atoms with van der Waals surface area (Å²) in [5, 5.41) is 13.5. The van der Waals surface area contributed by atoms with Crippen molar-refractivity contribution in [1.29, 1.82) is 0 Å². The molecule has 2 rings (SSSR count). The van der Waals surface area contributed by atoms with Crippen molar-refractivity contribution >= 4 is 33.2 Å². The van der Waals surface area contributed by atoms with Crippen LogP contribution in [0.2, 0.25) is 0 Å². The van der Waals surface area contributed by atoms with Crippen LogP contribution in [-0.4, -0.2) is 10.8 Å². The van der Waals surface area contributed by atoms with Gasteiger partial charge in [-0.05, 0) is 37.1 Å². The quantitative estimate of drug-likeness (QED) is 0.666. The second-order valence-electron chi connectivity index (χ2n) is 4.62. The van der Waals surface area contributed by atoms with Gasteiger partial charge in [-0.3, -0.25) is 14.9 Å². The molecule has 0 aliphatic carbocycles. The van der Waals surface area contributed by atoms with E-state index in [1.165, 1.54) is 12.1 Å². The van der Waals surface area contributed by atoms with Crippen LogP contribution in [0.15, 0.2) is 40.9 Å². The van der Waals surface area contributed by atoms with Crippen LogP contribution in [0.5, 0.6) is 0 Å². The Morgan fingerprint density at radius 3 is 2.62 bits per heavy atom. The van der Waals surface area contributed by atoms with Gasteiger partial charge >= 0.3 is 0 Å². The lowest BCUT2D eigenvalue weighted by Gasteiger charge is -2.10. The van der Waals surface area contributed by atoms with E-state index in [4.69, 9.17) is 0 Å². The van der Waals surface area contributed by atoms with Crippen LogP contribution < -0.4 is 5.32 Å². The first-order valence-electron chi connectivity index (χ1n) is 6.21. The minimum Gasteiger partial charge on any atom is -0.321 e. The van der Waals surface area contributed by atoms with Crippen LogP contribution in [0.1, 0.15) is 21.5 Å². The zero-order chi connectivity index (χ0) is 15.6. The third-order valence-corrected chi connectivity index (χ3v) is 4.05. The fraction of sp³-hybridized carbons (Fsp3) is 0.133. The summed E-state index contributed by atoms with van der Waals surface area (Å²) in [5.41, 5.74) is 2.49. The molecule has 0 radical (unpaired) electrons. The molecule has 0 saturated carbocycles. The number of nitro groups is 1. The largest absolute Gasteiger partial charge is 0.321 e. The summed E-state index contributed by atoms with van der Waals surface area (Å²) in [4.78, 5) is 22.6. The van der Waals surface area contributed by atoms with E-state index in [9.17, 15) is 14.9 Å². The second-order valence-corrected chi connectivity index (χ2v) is 5.48. The van der Waals surface area contributed by atoms with Crippen molar-refractivity contribution in [3.05, 3.63) is 67.7 Å².